The SMILES string of the molecule is O[C@H](COCc1ccco1)Cn1ccnc1-c1ccncc1. The highest BCUT2D eigenvalue weighted by Crippen LogP contribution is 2.16. The van der Waals surface area contributed by atoms with Crippen molar-refractivity contribution in [3.63, 3.8) is 0 Å². The van der Waals surface area contributed by atoms with Crippen LogP contribution in [0, 0.1) is 0 Å². The predicted octanol–water partition coefficient (Wildman–Crippen LogP) is 2.12. The minimum absolute atomic E-state index is 0.231. The van der Waals surface area contributed by atoms with Crippen LogP contribution in [-0.4, -0.2) is 32.4 Å². The molecule has 0 spiro atoms. The number of imidazole rings is 1. The van der Waals surface area contributed by atoms with Crippen molar-refractivity contribution in [2.45, 2.75) is 19.3 Å². The molecule has 1 N–H and O–H groups in total. The Morgan fingerprint density at radius 2 is 2.09 bits per heavy atom. The van der Waals surface area contributed by atoms with Crippen LogP contribution in [0.15, 0.2) is 59.7 Å². The number of rotatable bonds is 7. The summed E-state index contributed by atoms with van der Waals surface area (Å²) < 4.78 is 12.5. The summed E-state index contributed by atoms with van der Waals surface area (Å²) in [5.74, 6) is 1.54. The summed E-state index contributed by atoms with van der Waals surface area (Å²) >= 11 is 0. The first-order chi connectivity index (χ1) is 10.8. The zero-order valence-corrected chi connectivity index (χ0v) is 12.0. The van der Waals surface area contributed by atoms with Crippen molar-refractivity contribution < 1.29 is 14.3 Å². The van der Waals surface area contributed by atoms with Gasteiger partial charge >= 0.3 is 0 Å². The average Bonchev–Trinajstić information content (AvgIpc) is 3.20. The normalized spacial score (nSPS) is 12.4. The lowest BCUT2D eigenvalue weighted by atomic mass is 10.2. The minimum atomic E-state index is -0.621. The number of hydrogen-bond donors (Lipinski definition) is 1. The monoisotopic (exact) mass is 299 g/mol. The Bertz CT molecular complexity index is 680. The quantitative estimate of drug-likeness (QED) is 0.723. The van der Waals surface area contributed by atoms with Crippen LogP contribution in [0.1, 0.15) is 5.76 Å². The van der Waals surface area contributed by atoms with E-state index >= 15 is 0 Å². The summed E-state index contributed by atoms with van der Waals surface area (Å²) in [6.45, 7) is 0.996. The van der Waals surface area contributed by atoms with E-state index in [0.717, 1.165) is 17.1 Å². The molecular formula is C16H17N3O3. The molecule has 114 valence electrons. The van der Waals surface area contributed by atoms with E-state index in [2.05, 4.69) is 9.97 Å². The maximum Gasteiger partial charge on any atom is 0.140 e. The maximum absolute atomic E-state index is 10.1. The Morgan fingerprint density at radius 3 is 2.86 bits per heavy atom. The third-order valence-corrected chi connectivity index (χ3v) is 3.20. The Balaban J connectivity index is 1.56. The number of hydrogen-bond acceptors (Lipinski definition) is 5. The molecule has 6 heteroatoms. The standard InChI is InChI=1S/C16H17N3O3/c20-14(11-21-12-15-2-1-9-22-15)10-19-8-7-18-16(19)13-3-5-17-6-4-13/h1-9,14,20H,10-12H2/t14-/m0/s1. The Hall–Kier alpha value is -2.44. The van der Waals surface area contributed by atoms with E-state index in [0.29, 0.717) is 13.2 Å². The van der Waals surface area contributed by atoms with Gasteiger partial charge in [0.1, 0.15) is 18.2 Å². The summed E-state index contributed by atoms with van der Waals surface area (Å²) in [5.41, 5.74) is 0.962. The topological polar surface area (TPSA) is 73.3 Å². The summed E-state index contributed by atoms with van der Waals surface area (Å²) in [7, 11) is 0. The highest BCUT2D eigenvalue weighted by Gasteiger charge is 2.11. The summed E-state index contributed by atoms with van der Waals surface area (Å²) in [6, 6.07) is 7.42. The van der Waals surface area contributed by atoms with Crippen molar-refractivity contribution in [1.82, 2.24) is 14.5 Å². The van der Waals surface area contributed by atoms with Gasteiger partial charge < -0.3 is 18.8 Å². The molecule has 0 fully saturated rings. The van der Waals surface area contributed by atoms with Crippen molar-refractivity contribution in [2.75, 3.05) is 6.61 Å². The van der Waals surface area contributed by atoms with Crippen LogP contribution in [0.5, 0.6) is 0 Å². The van der Waals surface area contributed by atoms with E-state index in [9.17, 15) is 5.11 Å². The van der Waals surface area contributed by atoms with Gasteiger partial charge in [-0.2, -0.15) is 0 Å². The summed E-state index contributed by atoms with van der Waals surface area (Å²) in [4.78, 5) is 8.32. The van der Waals surface area contributed by atoms with Crippen molar-refractivity contribution >= 4 is 0 Å². The first kappa shape index (κ1) is 14.5. The fourth-order valence-electron chi connectivity index (χ4n) is 2.19. The van der Waals surface area contributed by atoms with Crippen LogP contribution < -0.4 is 0 Å². The fraction of sp³-hybridized carbons (Fsp3) is 0.250. The number of aliphatic hydroxyl groups is 1. The number of nitrogens with zero attached hydrogens (tertiary/aromatic N) is 3. The lowest BCUT2D eigenvalue weighted by molar-refractivity contribution is 0.0149. The predicted molar refractivity (Wildman–Crippen MR) is 79.8 cm³/mol. The number of furan rings is 1. The molecule has 0 saturated heterocycles. The zero-order chi connectivity index (χ0) is 15.2. The van der Waals surface area contributed by atoms with Gasteiger partial charge in [0.05, 0.1) is 25.5 Å². The largest absolute Gasteiger partial charge is 0.467 e. The van der Waals surface area contributed by atoms with Crippen molar-refractivity contribution in [1.29, 1.82) is 0 Å². The molecule has 3 aromatic heterocycles. The molecule has 6 nitrogen and oxygen atoms in total. The van der Waals surface area contributed by atoms with Crippen LogP contribution in [0.25, 0.3) is 11.4 Å². The van der Waals surface area contributed by atoms with Crippen molar-refractivity contribution in [3.05, 3.63) is 61.1 Å². The maximum atomic E-state index is 10.1. The highest BCUT2D eigenvalue weighted by molar-refractivity contribution is 5.54. The lowest BCUT2D eigenvalue weighted by Crippen LogP contribution is -2.22. The third kappa shape index (κ3) is 3.60. The second-order valence-corrected chi connectivity index (χ2v) is 4.89. The van der Waals surface area contributed by atoms with Gasteiger partial charge in [-0.05, 0) is 24.3 Å². The van der Waals surface area contributed by atoms with Crippen molar-refractivity contribution in [3.8, 4) is 11.4 Å². The molecule has 0 saturated carbocycles. The van der Waals surface area contributed by atoms with Gasteiger partial charge in [-0.1, -0.05) is 0 Å². The molecule has 0 aliphatic rings. The van der Waals surface area contributed by atoms with E-state index in [-0.39, 0.29) is 6.61 Å². The molecule has 0 amide bonds. The van der Waals surface area contributed by atoms with Gasteiger partial charge in [-0.25, -0.2) is 4.98 Å². The van der Waals surface area contributed by atoms with Crippen LogP contribution in [0.2, 0.25) is 0 Å². The molecule has 1 atom stereocenters. The zero-order valence-electron chi connectivity index (χ0n) is 12.0. The lowest BCUT2D eigenvalue weighted by Gasteiger charge is -2.13. The van der Waals surface area contributed by atoms with Gasteiger partial charge in [0.25, 0.3) is 0 Å². The summed E-state index contributed by atoms with van der Waals surface area (Å²) in [5, 5.41) is 10.1. The van der Waals surface area contributed by atoms with E-state index in [4.69, 9.17) is 9.15 Å². The molecule has 0 radical (unpaired) electrons. The average molecular weight is 299 g/mol. The van der Waals surface area contributed by atoms with Gasteiger partial charge in [-0.15, -0.1) is 0 Å². The van der Waals surface area contributed by atoms with Gasteiger partial charge in [0, 0.05) is 30.4 Å². The number of aliphatic hydroxyl groups excluding tert-OH is 1. The fourth-order valence-corrected chi connectivity index (χ4v) is 2.19. The van der Waals surface area contributed by atoms with Crippen LogP contribution in [0.3, 0.4) is 0 Å². The molecular weight excluding hydrogens is 282 g/mol. The Kier molecular flexibility index (Phi) is 4.62. The molecule has 0 aliphatic carbocycles. The molecule has 0 bridgehead atoms. The van der Waals surface area contributed by atoms with E-state index < -0.39 is 6.10 Å². The van der Waals surface area contributed by atoms with Crippen LogP contribution in [-0.2, 0) is 17.9 Å². The Morgan fingerprint density at radius 1 is 1.23 bits per heavy atom. The molecule has 3 aromatic rings. The highest BCUT2D eigenvalue weighted by atomic mass is 16.5. The second-order valence-electron chi connectivity index (χ2n) is 4.89. The van der Waals surface area contributed by atoms with E-state index in [1.54, 1.807) is 24.9 Å². The molecule has 3 heterocycles. The third-order valence-electron chi connectivity index (χ3n) is 3.20. The van der Waals surface area contributed by atoms with Crippen LogP contribution >= 0.6 is 0 Å². The van der Waals surface area contributed by atoms with E-state index in [1.165, 1.54) is 0 Å². The number of ether oxygens (including phenoxy) is 1. The van der Waals surface area contributed by atoms with Crippen molar-refractivity contribution in [2.24, 2.45) is 0 Å². The smallest absolute Gasteiger partial charge is 0.140 e. The van der Waals surface area contributed by atoms with E-state index in [1.807, 2.05) is 35.0 Å². The first-order valence-corrected chi connectivity index (χ1v) is 7.02. The summed E-state index contributed by atoms with van der Waals surface area (Å²) in [6.07, 6.45) is 7.97. The van der Waals surface area contributed by atoms with Gasteiger partial charge in [-0.3, -0.25) is 4.98 Å². The second kappa shape index (κ2) is 7.02. The van der Waals surface area contributed by atoms with Gasteiger partial charge in [0.15, 0.2) is 0 Å². The Labute approximate surface area is 128 Å². The molecule has 22 heavy (non-hydrogen) atoms. The number of pyridine rings is 1. The minimum Gasteiger partial charge on any atom is -0.467 e. The van der Waals surface area contributed by atoms with Gasteiger partial charge in [0.2, 0.25) is 0 Å². The number of aromatic nitrogens is 3. The molecule has 0 aromatic carbocycles. The van der Waals surface area contributed by atoms with Crippen LogP contribution in [0.4, 0.5) is 0 Å². The molecule has 0 aliphatic heterocycles. The molecule has 3 rings (SSSR count). The first-order valence-electron chi connectivity index (χ1n) is 7.02. The molecule has 0 unspecified atom stereocenters.